The Balaban J connectivity index is 2.24. The molecule has 1 aromatic rings. The highest BCUT2D eigenvalue weighted by Gasteiger charge is 2.26. The van der Waals surface area contributed by atoms with E-state index in [0.717, 1.165) is 18.7 Å². The second-order valence-electron chi connectivity index (χ2n) is 4.37. The average molecular weight is 269 g/mol. The number of nitrogens with one attached hydrogen (secondary N) is 1. The Labute approximate surface area is 112 Å². The molecule has 1 unspecified atom stereocenters. The largest absolute Gasteiger partial charge is 0.387 e. The van der Waals surface area contributed by atoms with Crippen LogP contribution in [0.5, 0.6) is 0 Å². The van der Waals surface area contributed by atoms with Gasteiger partial charge in [0, 0.05) is 31.4 Å². The van der Waals surface area contributed by atoms with Gasteiger partial charge in [0.25, 0.3) is 5.91 Å². The number of carbonyl (C=O) groups excluding carboxylic acids is 1. The lowest BCUT2D eigenvalue weighted by Crippen LogP contribution is -2.37. The van der Waals surface area contributed by atoms with E-state index in [2.05, 4.69) is 5.32 Å². The lowest BCUT2D eigenvalue weighted by Gasteiger charge is -2.24. The van der Waals surface area contributed by atoms with Crippen LogP contribution < -0.4 is 5.32 Å². The highest BCUT2D eigenvalue weighted by atomic mass is 35.5. The fourth-order valence-corrected chi connectivity index (χ4v) is 2.27. The number of benzene rings is 1. The molecule has 2 rings (SSSR count). The molecule has 0 radical (unpaired) electrons. The number of amides is 1. The maximum absolute atomic E-state index is 12.4. The molecule has 1 aromatic carbocycles. The van der Waals surface area contributed by atoms with Gasteiger partial charge in [-0.1, -0.05) is 11.6 Å². The average Bonchev–Trinajstić information content (AvgIpc) is 2.90. The Morgan fingerprint density at radius 3 is 2.94 bits per heavy atom. The van der Waals surface area contributed by atoms with Crippen LogP contribution in [0, 0.1) is 0 Å². The quantitative estimate of drug-likeness (QED) is 0.914. The number of anilines is 1. The van der Waals surface area contributed by atoms with Crippen molar-refractivity contribution in [1.29, 1.82) is 0 Å². The molecule has 0 bridgehead atoms. The monoisotopic (exact) mass is 268 g/mol. The summed E-state index contributed by atoms with van der Waals surface area (Å²) >= 11 is 5.96. The van der Waals surface area contributed by atoms with Crippen molar-refractivity contribution in [2.75, 3.05) is 32.6 Å². The standard InChI is InChI=1S/C13H17ClN2O2/c1-15-12-4-3-9(14)7-11(12)13(17)16(2)10-5-6-18-8-10/h3-4,7,10,15H,5-6,8H2,1-2H3. The van der Waals surface area contributed by atoms with Gasteiger partial charge in [0.2, 0.25) is 0 Å². The van der Waals surface area contributed by atoms with E-state index in [-0.39, 0.29) is 11.9 Å². The SMILES string of the molecule is CNc1ccc(Cl)cc1C(=O)N(C)C1CCOC1. The van der Waals surface area contributed by atoms with Crippen LogP contribution in [0.1, 0.15) is 16.8 Å². The summed E-state index contributed by atoms with van der Waals surface area (Å²) in [6.45, 7) is 1.33. The molecule has 18 heavy (non-hydrogen) atoms. The molecule has 1 saturated heterocycles. The fourth-order valence-electron chi connectivity index (χ4n) is 2.09. The van der Waals surface area contributed by atoms with Crippen molar-refractivity contribution < 1.29 is 9.53 Å². The minimum absolute atomic E-state index is 0.0302. The zero-order valence-corrected chi connectivity index (χ0v) is 11.3. The third-order valence-electron chi connectivity index (χ3n) is 3.26. The van der Waals surface area contributed by atoms with E-state index in [1.807, 2.05) is 13.1 Å². The summed E-state index contributed by atoms with van der Waals surface area (Å²) < 4.78 is 5.31. The number of likely N-dealkylation sites (N-methyl/N-ethyl adjacent to an activating group) is 1. The molecule has 98 valence electrons. The number of hydrogen-bond acceptors (Lipinski definition) is 3. The lowest BCUT2D eigenvalue weighted by atomic mass is 10.1. The molecule has 1 N–H and O–H groups in total. The topological polar surface area (TPSA) is 41.6 Å². The van der Waals surface area contributed by atoms with Gasteiger partial charge in [0.1, 0.15) is 0 Å². The van der Waals surface area contributed by atoms with Gasteiger partial charge in [-0.05, 0) is 24.6 Å². The van der Waals surface area contributed by atoms with Gasteiger partial charge in [-0.25, -0.2) is 0 Å². The highest BCUT2D eigenvalue weighted by Crippen LogP contribution is 2.23. The minimum atomic E-state index is -0.0302. The third kappa shape index (κ3) is 2.60. The van der Waals surface area contributed by atoms with Gasteiger partial charge in [0.05, 0.1) is 18.2 Å². The van der Waals surface area contributed by atoms with Crippen LogP contribution in [-0.2, 0) is 4.74 Å². The molecular formula is C13H17ClN2O2. The molecule has 0 aromatic heterocycles. The number of ether oxygens (including phenoxy) is 1. The summed E-state index contributed by atoms with van der Waals surface area (Å²) in [5.41, 5.74) is 1.38. The van der Waals surface area contributed by atoms with Gasteiger partial charge < -0.3 is 15.0 Å². The van der Waals surface area contributed by atoms with Crippen LogP contribution in [-0.4, -0.2) is 44.2 Å². The summed E-state index contributed by atoms with van der Waals surface area (Å²) in [7, 11) is 3.60. The second kappa shape index (κ2) is 5.59. The molecule has 1 heterocycles. The summed E-state index contributed by atoms with van der Waals surface area (Å²) in [5.74, 6) is -0.0302. The second-order valence-corrected chi connectivity index (χ2v) is 4.81. The Hall–Kier alpha value is -1.26. The van der Waals surface area contributed by atoms with E-state index < -0.39 is 0 Å². The first-order chi connectivity index (χ1) is 8.63. The molecule has 1 aliphatic heterocycles. The molecule has 1 aliphatic rings. The summed E-state index contributed by atoms with van der Waals surface area (Å²) in [6, 6.07) is 5.43. The van der Waals surface area contributed by atoms with Crippen LogP contribution in [0.2, 0.25) is 5.02 Å². The predicted molar refractivity (Wildman–Crippen MR) is 72.3 cm³/mol. The van der Waals surface area contributed by atoms with Crippen molar-refractivity contribution in [3.05, 3.63) is 28.8 Å². The van der Waals surface area contributed by atoms with Crippen LogP contribution >= 0.6 is 11.6 Å². The first kappa shape index (κ1) is 13.2. The van der Waals surface area contributed by atoms with E-state index in [1.54, 1.807) is 24.1 Å². The van der Waals surface area contributed by atoms with E-state index >= 15 is 0 Å². The maximum Gasteiger partial charge on any atom is 0.256 e. The van der Waals surface area contributed by atoms with Crippen LogP contribution in [0.4, 0.5) is 5.69 Å². The Bertz CT molecular complexity index is 445. The summed E-state index contributed by atoms with van der Waals surface area (Å²) in [5, 5.41) is 3.58. The van der Waals surface area contributed by atoms with E-state index in [9.17, 15) is 4.79 Å². The smallest absolute Gasteiger partial charge is 0.256 e. The summed E-state index contributed by atoms with van der Waals surface area (Å²) in [6.07, 6.45) is 0.887. The minimum Gasteiger partial charge on any atom is -0.387 e. The van der Waals surface area contributed by atoms with E-state index in [0.29, 0.717) is 17.2 Å². The Kier molecular flexibility index (Phi) is 4.09. The summed E-state index contributed by atoms with van der Waals surface area (Å²) in [4.78, 5) is 14.2. The van der Waals surface area contributed by atoms with Gasteiger partial charge in [-0.3, -0.25) is 4.79 Å². The number of halogens is 1. The molecule has 1 fully saturated rings. The fraction of sp³-hybridized carbons (Fsp3) is 0.462. The van der Waals surface area contributed by atoms with Crippen molar-refractivity contribution in [1.82, 2.24) is 4.90 Å². The van der Waals surface area contributed by atoms with Crippen LogP contribution in [0.15, 0.2) is 18.2 Å². The van der Waals surface area contributed by atoms with Crippen molar-refractivity contribution in [2.45, 2.75) is 12.5 Å². The molecule has 1 atom stereocenters. The van der Waals surface area contributed by atoms with Crippen LogP contribution in [0.25, 0.3) is 0 Å². The maximum atomic E-state index is 12.4. The first-order valence-electron chi connectivity index (χ1n) is 5.95. The molecule has 1 amide bonds. The zero-order valence-electron chi connectivity index (χ0n) is 10.6. The normalized spacial score (nSPS) is 18.7. The molecule has 0 saturated carbocycles. The molecule has 0 spiro atoms. The Morgan fingerprint density at radius 2 is 2.33 bits per heavy atom. The molecular weight excluding hydrogens is 252 g/mol. The van der Waals surface area contributed by atoms with E-state index in [4.69, 9.17) is 16.3 Å². The highest BCUT2D eigenvalue weighted by molar-refractivity contribution is 6.31. The first-order valence-corrected chi connectivity index (χ1v) is 6.33. The Morgan fingerprint density at radius 1 is 1.56 bits per heavy atom. The number of carbonyl (C=O) groups is 1. The van der Waals surface area contributed by atoms with Gasteiger partial charge in [0.15, 0.2) is 0 Å². The van der Waals surface area contributed by atoms with E-state index in [1.165, 1.54) is 0 Å². The van der Waals surface area contributed by atoms with Crippen molar-refractivity contribution in [3.63, 3.8) is 0 Å². The molecule has 0 aliphatic carbocycles. The third-order valence-corrected chi connectivity index (χ3v) is 3.49. The molecule has 4 nitrogen and oxygen atoms in total. The van der Waals surface area contributed by atoms with Crippen molar-refractivity contribution >= 4 is 23.2 Å². The van der Waals surface area contributed by atoms with Crippen LogP contribution in [0.3, 0.4) is 0 Å². The number of nitrogens with zero attached hydrogens (tertiary/aromatic N) is 1. The number of hydrogen-bond donors (Lipinski definition) is 1. The van der Waals surface area contributed by atoms with Gasteiger partial charge in [-0.2, -0.15) is 0 Å². The van der Waals surface area contributed by atoms with Crippen molar-refractivity contribution in [2.24, 2.45) is 0 Å². The lowest BCUT2D eigenvalue weighted by molar-refractivity contribution is 0.0712. The zero-order chi connectivity index (χ0) is 13.1. The predicted octanol–water partition coefficient (Wildman–Crippen LogP) is 2.24. The number of rotatable bonds is 3. The molecule has 5 heteroatoms. The van der Waals surface area contributed by atoms with Gasteiger partial charge >= 0.3 is 0 Å². The van der Waals surface area contributed by atoms with Gasteiger partial charge in [-0.15, -0.1) is 0 Å². The van der Waals surface area contributed by atoms with Crippen molar-refractivity contribution in [3.8, 4) is 0 Å².